The number of aliphatic hydroxyl groups excluding tert-OH is 1. The molecule has 1 aromatic heterocycles. The highest BCUT2D eigenvalue weighted by Crippen LogP contribution is 2.32. The van der Waals surface area contributed by atoms with Gasteiger partial charge in [-0.25, -0.2) is 0 Å². The quantitative estimate of drug-likeness (QED) is 0.857. The van der Waals surface area contributed by atoms with E-state index in [9.17, 15) is 0 Å². The van der Waals surface area contributed by atoms with Crippen LogP contribution in [-0.2, 0) is 0 Å². The molecule has 1 aromatic rings. The summed E-state index contributed by atoms with van der Waals surface area (Å²) in [5.41, 5.74) is 0. The van der Waals surface area contributed by atoms with Crippen molar-refractivity contribution < 1.29 is 5.11 Å². The van der Waals surface area contributed by atoms with E-state index < -0.39 is 0 Å². The van der Waals surface area contributed by atoms with E-state index in [0.29, 0.717) is 17.7 Å². The van der Waals surface area contributed by atoms with Crippen molar-refractivity contribution in [2.45, 2.75) is 25.3 Å². The largest absolute Gasteiger partial charge is 0.395 e. The molecule has 0 atom stereocenters. The summed E-state index contributed by atoms with van der Waals surface area (Å²) in [4.78, 5) is 2.06. The van der Waals surface area contributed by atoms with Gasteiger partial charge in [0.05, 0.1) is 18.3 Å². The molecule has 0 amide bonds. The van der Waals surface area contributed by atoms with Gasteiger partial charge in [-0.3, -0.25) is 0 Å². The van der Waals surface area contributed by atoms with Gasteiger partial charge in [0.15, 0.2) is 11.0 Å². The summed E-state index contributed by atoms with van der Waals surface area (Å²) in [6.45, 7) is 0.722. The number of halogens is 1. The van der Waals surface area contributed by atoms with Crippen molar-refractivity contribution in [2.75, 3.05) is 18.1 Å². The summed E-state index contributed by atoms with van der Waals surface area (Å²) < 4.78 is 8.08. The van der Waals surface area contributed by atoms with Gasteiger partial charge in [0.25, 0.3) is 0 Å². The van der Waals surface area contributed by atoms with Crippen molar-refractivity contribution in [3.63, 3.8) is 0 Å². The Hall–Kier alpha value is -0.390. The highest BCUT2D eigenvalue weighted by atomic mass is 35.5. The second kappa shape index (κ2) is 4.42. The molecule has 1 fully saturated rings. The van der Waals surface area contributed by atoms with E-state index in [2.05, 4.69) is 13.6 Å². The van der Waals surface area contributed by atoms with Gasteiger partial charge in [-0.05, 0) is 19.3 Å². The third kappa shape index (κ3) is 1.85. The molecule has 0 radical (unpaired) electrons. The van der Waals surface area contributed by atoms with Crippen LogP contribution in [-0.4, -0.2) is 33.0 Å². The number of aliphatic hydroxyl groups is 1. The van der Waals surface area contributed by atoms with Crippen LogP contribution in [0.3, 0.4) is 0 Å². The Labute approximate surface area is 91.8 Å². The Morgan fingerprint density at radius 1 is 1.50 bits per heavy atom. The molecule has 1 aliphatic rings. The van der Waals surface area contributed by atoms with E-state index in [4.69, 9.17) is 16.7 Å². The third-order valence-corrected chi connectivity index (χ3v) is 3.43. The SMILES string of the molecule is OCCN(c1nsnc1Cl)C1CCC1. The van der Waals surface area contributed by atoms with Crippen LogP contribution in [0, 0.1) is 0 Å². The fourth-order valence-electron chi connectivity index (χ4n) is 1.61. The molecule has 0 spiro atoms. The van der Waals surface area contributed by atoms with Crippen molar-refractivity contribution in [3.05, 3.63) is 5.15 Å². The van der Waals surface area contributed by atoms with E-state index in [1.807, 2.05) is 0 Å². The first-order valence-corrected chi connectivity index (χ1v) is 5.79. The van der Waals surface area contributed by atoms with Crippen LogP contribution >= 0.6 is 23.3 Å². The van der Waals surface area contributed by atoms with E-state index in [1.54, 1.807) is 0 Å². The monoisotopic (exact) mass is 233 g/mol. The lowest BCUT2D eigenvalue weighted by Crippen LogP contribution is -2.42. The summed E-state index contributed by atoms with van der Waals surface area (Å²) in [6, 6.07) is 0.489. The molecule has 0 unspecified atom stereocenters. The number of aromatic nitrogens is 2. The average Bonchev–Trinajstić information content (AvgIpc) is 2.47. The van der Waals surface area contributed by atoms with E-state index in [-0.39, 0.29) is 6.61 Å². The maximum atomic E-state index is 8.97. The van der Waals surface area contributed by atoms with Gasteiger partial charge in [0.1, 0.15) is 0 Å². The molecule has 1 heterocycles. The number of rotatable bonds is 4. The molecule has 1 aliphatic carbocycles. The predicted octanol–water partition coefficient (Wildman–Crippen LogP) is 1.54. The molecular weight excluding hydrogens is 222 g/mol. The van der Waals surface area contributed by atoms with Crippen molar-refractivity contribution >= 4 is 29.1 Å². The highest BCUT2D eigenvalue weighted by molar-refractivity contribution is 6.99. The summed E-state index contributed by atoms with van der Waals surface area (Å²) in [5, 5.41) is 9.42. The van der Waals surface area contributed by atoms with Crippen LogP contribution in [0.2, 0.25) is 5.15 Å². The minimum atomic E-state index is 0.129. The molecule has 0 aliphatic heterocycles. The minimum Gasteiger partial charge on any atom is -0.395 e. The molecule has 14 heavy (non-hydrogen) atoms. The van der Waals surface area contributed by atoms with Gasteiger partial charge in [-0.2, -0.15) is 8.75 Å². The number of hydrogen-bond acceptors (Lipinski definition) is 5. The topological polar surface area (TPSA) is 49.2 Å². The van der Waals surface area contributed by atoms with E-state index >= 15 is 0 Å². The Bertz CT molecular complexity index is 303. The summed E-state index contributed by atoms with van der Waals surface area (Å²) >= 11 is 7.03. The highest BCUT2D eigenvalue weighted by Gasteiger charge is 2.27. The molecule has 0 saturated heterocycles. The molecule has 1 N–H and O–H groups in total. The first-order valence-electron chi connectivity index (χ1n) is 4.68. The molecule has 78 valence electrons. The zero-order valence-corrected chi connectivity index (χ0v) is 9.26. The molecule has 1 saturated carbocycles. The Morgan fingerprint density at radius 3 is 2.71 bits per heavy atom. The van der Waals surface area contributed by atoms with E-state index in [0.717, 1.165) is 30.4 Å². The minimum absolute atomic E-state index is 0.129. The molecule has 0 aromatic carbocycles. The smallest absolute Gasteiger partial charge is 0.187 e. The average molecular weight is 234 g/mol. The van der Waals surface area contributed by atoms with Crippen LogP contribution in [0.15, 0.2) is 0 Å². The van der Waals surface area contributed by atoms with Gasteiger partial charge >= 0.3 is 0 Å². The lowest BCUT2D eigenvalue weighted by atomic mass is 9.91. The van der Waals surface area contributed by atoms with Crippen molar-refractivity contribution in [1.82, 2.24) is 8.75 Å². The Kier molecular flexibility index (Phi) is 3.20. The maximum Gasteiger partial charge on any atom is 0.187 e. The number of nitrogens with zero attached hydrogens (tertiary/aromatic N) is 3. The van der Waals surface area contributed by atoms with Gasteiger partial charge in [0, 0.05) is 12.6 Å². The normalized spacial score (nSPS) is 16.7. The number of anilines is 1. The second-order valence-corrected chi connectivity index (χ2v) is 4.27. The van der Waals surface area contributed by atoms with Crippen LogP contribution in [0.5, 0.6) is 0 Å². The lowest BCUT2D eigenvalue weighted by Gasteiger charge is -2.37. The molecule has 2 rings (SSSR count). The fraction of sp³-hybridized carbons (Fsp3) is 0.750. The first kappa shape index (κ1) is 10.1. The summed E-state index contributed by atoms with van der Waals surface area (Å²) in [6.07, 6.45) is 3.57. The van der Waals surface area contributed by atoms with Crippen molar-refractivity contribution in [1.29, 1.82) is 0 Å². The second-order valence-electron chi connectivity index (χ2n) is 3.38. The molecular formula is C8H12ClN3OS. The lowest BCUT2D eigenvalue weighted by molar-refractivity contribution is 0.283. The van der Waals surface area contributed by atoms with Crippen molar-refractivity contribution in [2.24, 2.45) is 0 Å². The molecule has 4 nitrogen and oxygen atoms in total. The first-order chi connectivity index (χ1) is 6.83. The zero-order chi connectivity index (χ0) is 9.97. The predicted molar refractivity (Wildman–Crippen MR) is 57.0 cm³/mol. The van der Waals surface area contributed by atoms with Gasteiger partial charge in [-0.15, -0.1) is 0 Å². The maximum absolute atomic E-state index is 8.97. The van der Waals surface area contributed by atoms with Gasteiger partial charge in [-0.1, -0.05) is 11.6 Å². The molecule has 0 bridgehead atoms. The zero-order valence-electron chi connectivity index (χ0n) is 7.69. The number of hydrogen-bond donors (Lipinski definition) is 1. The Morgan fingerprint density at radius 2 is 2.29 bits per heavy atom. The van der Waals surface area contributed by atoms with Crippen molar-refractivity contribution in [3.8, 4) is 0 Å². The third-order valence-electron chi connectivity index (χ3n) is 2.56. The fourth-order valence-corrected chi connectivity index (χ4v) is 2.37. The van der Waals surface area contributed by atoms with Crippen LogP contribution < -0.4 is 4.90 Å². The standard InChI is InChI=1S/C8H12ClN3OS/c9-7-8(11-14-10-7)12(4-5-13)6-2-1-3-6/h6,13H,1-5H2. The summed E-state index contributed by atoms with van der Waals surface area (Å²) in [7, 11) is 0. The van der Waals surface area contributed by atoms with E-state index in [1.165, 1.54) is 6.42 Å². The van der Waals surface area contributed by atoms with Gasteiger partial charge < -0.3 is 10.0 Å². The van der Waals surface area contributed by atoms with Crippen LogP contribution in [0.4, 0.5) is 5.82 Å². The summed E-state index contributed by atoms with van der Waals surface area (Å²) in [5.74, 6) is 0.732. The molecule has 6 heteroatoms. The van der Waals surface area contributed by atoms with Crippen LogP contribution in [0.1, 0.15) is 19.3 Å². The Balaban J connectivity index is 2.13. The van der Waals surface area contributed by atoms with Crippen LogP contribution in [0.25, 0.3) is 0 Å². The van der Waals surface area contributed by atoms with Gasteiger partial charge in [0.2, 0.25) is 0 Å².